The summed E-state index contributed by atoms with van der Waals surface area (Å²) in [7, 11) is 1.49. The molecule has 148 valence electrons. The van der Waals surface area contributed by atoms with E-state index in [1.54, 1.807) is 25.1 Å². The van der Waals surface area contributed by atoms with Crippen LogP contribution < -0.4 is 10.1 Å². The second-order valence-electron chi connectivity index (χ2n) is 5.93. The van der Waals surface area contributed by atoms with Gasteiger partial charge in [0.2, 0.25) is 5.91 Å². The van der Waals surface area contributed by atoms with Gasteiger partial charge in [0.05, 0.1) is 19.4 Å². The third-order valence-corrected chi connectivity index (χ3v) is 4.27. The first kappa shape index (κ1) is 20.8. The summed E-state index contributed by atoms with van der Waals surface area (Å²) in [6.07, 6.45) is 1.41. The molecule has 0 bridgehead atoms. The third-order valence-electron chi connectivity index (χ3n) is 4.03. The Morgan fingerprint density at radius 1 is 1.19 bits per heavy atom. The molecule has 3 amide bonds. The van der Waals surface area contributed by atoms with E-state index in [9.17, 15) is 14.4 Å². The molecule has 1 fully saturated rings. The van der Waals surface area contributed by atoms with Crippen molar-refractivity contribution in [2.45, 2.75) is 32.6 Å². The minimum absolute atomic E-state index is 0.170. The van der Waals surface area contributed by atoms with E-state index < -0.39 is 6.03 Å². The summed E-state index contributed by atoms with van der Waals surface area (Å²) < 4.78 is 10.1. The smallest absolute Gasteiger partial charge is 0.340 e. The van der Waals surface area contributed by atoms with Gasteiger partial charge in [-0.2, -0.15) is 0 Å². The Bertz CT molecular complexity index is 698. The Hall–Kier alpha value is -2.48. The number of halogens is 1. The molecule has 27 heavy (non-hydrogen) atoms. The number of esters is 1. The highest BCUT2D eigenvalue weighted by molar-refractivity contribution is 6.31. The van der Waals surface area contributed by atoms with Crippen LogP contribution in [-0.4, -0.2) is 54.7 Å². The minimum atomic E-state index is -0.438. The first-order chi connectivity index (χ1) is 13.0. The molecule has 0 aromatic heterocycles. The van der Waals surface area contributed by atoms with Crippen molar-refractivity contribution in [2.24, 2.45) is 0 Å². The molecule has 1 aliphatic rings. The number of methoxy groups -OCH3 is 1. The SMILES string of the molecule is CCOC(=O)CCCC(=O)N1CCCN1C(=O)Nc1cc(Cl)ccc1OC. The van der Waals surface area contributed by atoms with Crippen molar-refractivity contribution in [3.05, 3.63) is 23.2 Å². The summed E-state index contributed by atoms with van der Waals surface area (Å²) in [5, 5.41) is 5.97. The Labute approximate surface area is 163 Å². The standard InChI is InChI=1S/C18H24ClN3O5/c1-3-27-17(24)7-4-6-16(23)21-10-5-11-22(21)18(25)20-14-12-13(19)8-9-15(14)26-2/h8-9,12H,3-7,10-11H2,1-2H3,(H,20,25). The summed E-state index contributed by atoms with van der Waals surface area (Å²) >= 11 is 5.98. The fraction of sp³-hybridized carbons (Fsp3) is 0.500. The third kappa shape index (κ3) is 5.75. The largest absolute Gasteiger partial charge is 0.495 e. The maximum absolute atomic E-state index is 12.6. The fourth-order valence-electron chi connectivity index (χ4n) is 2.79. The molecular weight excluding hydrogens is 374 g/mol. The zero-order chi connectivity index (χ0) is 19.8. The number of nitrogens with zero attached hydrogens (tertiary/aromatic N) is 2. The van der Waals surface area contributed by atoms with E-state index in [0.29, 0.717) is 49.0 Å². The molecule has 1 saturated heterocycles. The summed E-state index contributed by atoms with van der Waals surface area (Å²) in [6.45, 7) is 2.94. The van der Waals surface area contributed by atoms with Crippen LogP contribution in [0.5, 0.6) is 5.75 Å². The summed E-state index contributed by atoms with van der Waals surface area (Å²) in [5.41, 5.74) is 0.427. The van der Waals surface area contributed by atoms with Gasteiger partial charge in [-0.3, -0.25) is 14.6 Å². The number of benzene rings is 1. The van der Waals surface area contributed by atoms with Crippen LogP contribution in [0.2, 0.25) is 5.02 Å². The van der Waals surface area contributed by atoms with Crippen LogP contribution in [0.1, 0.15) is 32.6 Å². The van der Waals surface area contributed by atoms with Crippen LogP contribution in [0.3, 0.4) is 0 Å². The van der Waals surface area contributed by atoms with Crippen molar-refractivity contribution in [2.75, 3.05) is 32.1 Å². The van der Waals surface area contributed by atoms with Crippen LogP contribution in [0, 0.1) is 0 Å². The second-order valence-corrected chi connectivity index (χ2v) is 6.36. The molecule has 8 nitrogen and oxygen atoms in total. The van der Waals surface area contributed by atoms with Gasteiger partial charge in [-0.05, 0) is 38.0 Å². The lowest BCUT2D eigenvalue weighted by molar-refractivity contribution is -0.143. The lowest BCUT2D eigenvalue weighted by Gasteiger charge is -2.28. The van der Waals surface area contributed by atoms with Crippen molar-refractivity contribution >= 4 is 35.2 Å². The van der Waals surface area contributed by atoms with Gasteiger partial charge in [0, 0.05) is 31.0 Å². The number of urea groups is 1. The zero-order valence-electron chi connectivity index (χ0n) is 15.5. The number of carbonyl (C=O) groups is 3. The Morgan fingerprint density at radius 2 is 1.93 bits per heavy atom. The van der Waals surface area contributed by atoms with Gasteiger partial charge >= 0.3 is 12.0 Å². The van der Waals surface area contributed by atoms with E-state index in [1.165, 1.54) is 17.1 Å². The summed E-state index contributed by atoms with van der Waals surface area (Å²) in [4.78, 5) is 36.4. The molecule has 1 aromatic carbocycles. The molecule has 9 heteroatoms. The van der Waals surface area contributed by atoms with Crippen LogP contribution in [0.4, 0.5) is 10.5 Å². The number of hydrazine groups is 1. The topological polar surface area (TPSA) is 88.2 Å². The van der Waals surface area contributed by atoms with Gasteiger partial charge in [-0.1, -0.05) is 11.6 Å². The number of hydrogen-bond acceptors (Lipinski definition) is 5. The van der Waals surface area contributed by atoms with Gasteiger partial charge in [-0.15, -0.1) is 0 Å². The summed E-state index contributed by atoms with van der Waals surface area (Å²) in [5.74, 6) is -0.0568. The van der Waals surface area contributed by atoms with Gasteiger partial charge in [0.25, 0.3) is 0 Å². The number of hydrogen-bond donors (Lipinski definition) is 1. The molecule has 0 radical (unpaired) electrons. The first-order valence-electron chi connectivity index (χ1n) is 8.84. The predicted octanol–water partition coefficient (Wildman–Crippen LogP) is 3.06. The molecule has 2 rings (SSSR count). The highest BCUT2D eigenvalue weighted by Gasteiger charge is 2.30. The van der Waals surface area contributed by atoms with Crippen LogP contribution in [0.25, 0.3) is 0 Å². The Morgan fingerprint density at radius 3 is 2.63 bits per heavy atom. The molecule has 0 saturated carbocycles. The van der Waals surface area contributed by atoms with Gasteiger partial charge in [-0.25, -0.2) is 9.80 Å². The van der Waals surface area contributed by atoms with Crippen molar-refractivity contribution in [1.82, 2.24) is 10.0 Å². The Balaban J connectivity index is 1.94. The van der Waals surface area contributed by atoms with Gasteiger partial charge < -0.3 is 14.8 Å². The van der Waals surface area contributed by atoms with E-state index in [2.05, 4.69) is 5.32 Å². The first-order valence-corrected chi connectivity index (χ1v) is 9.22. The van der Waals surface area contributed by atoms with Crippen LogP contribution >= 0.6 is 11.6 Å². The Kier molecular flexibility index (Phi) is 7.72. The number of carbonyl (C=O) groups excluding carboxylic acids is 3. The molecular formula is C18H24ClN3O5. The number of nitrogens with one attached hydrogen (secondary N) is 1. The molecule has 1 heterocycles. The van der Waals surface area contributed by atoms with Crippen molar-refractivity contribution < 1.29 is 23.9 Å². The highest BCUT2D eigenvalue weighted by atomic mass is 35.5. The maximum atomic E-state index is 12.6. The predicted molar refractivity (Wildman–Crippen MR) is 101 cm³/mol. The lowest BCUT2D eigenvalue weighted by Crippen LogP contribution is -2.46. The van der Waals surface area contributed by atoms with E-state index >= 15 is 0 Å². The van der Waals surface area contributed by atoms with Gasteiger partial charge in [0.1, 0.15) is 5.75 Å². The average Bonchev–Trinajstić information content (AvgIpc) is 3.12. The monoisotopic (exact) mass is 397 g/mol. The molecule has 1 aliphatic heterocycles. The normalized spacial score (nSPS) is 13.4. The molecule has 1 aromatic rings. The lowest BCUT2D eigenvalue weighted by atomic mass is 10.2. The molecule has 0 aliphatic carbocycles. The van der Waals surface area contributed by atoms with Crippen molar-refractivity contribution in [3.63, 3.8) is 0 Å². The zero-order valence-corrected chi connectivity index (χ0v) is 16.3. The number of rotatable bonds is 7. The minimum Gasteiger partial charge on any atom is -0.495 e. The average molecular weight is 398 g/mol. The van der Waals surface area contributed by atoms with Gasteiger partial charge in [0.15, 0.2) is 0 Å². The number of ether oxygens (including phenoxy) is 2. The second kappa shape index (κ2) is 10.0. The van der Waals surface area contributed by atoms with E-state index in [1.807, 2.05) is 0 Å². The highest BCUT2D eigenvalue weighted by Crippen LogP contribution is 2.28. The molecule has 0 spiro atoms. The summed E-state index contributed by atoms with van der Waals surface area (Å²) in [6, 6.07) is 4.46. The number of amides is 3. The molecule has 1 N–H and O–H groups in total. The van der Waals surface area contributed by atoms with E-state index in [0.717, 1.165) is 0 Å². The fourth-order valence-corrected chi connectivity index (χ4v) is 2.96. The van der Waals surface area contributed by atoms with Crippen molar-refractivity contribution in [3.8, 4) is 5.75 Å². The molecule has 0 atom stereocenters. The van der Waals surface area contributed by atoms with Crippen molar-refractivity contribution in [1.29, 1.82) is 0 Å². The number of anilines is 1. The van der Waals surface area contributed by atoms with Crippen LogP contribution in [-0.2, 0) is 14.3 Å². The maximum Gasteiger partial charge on any atom is 0.340 e. The quantitative estimate of drug-likeness (QED) is 0.714. The molecule has 0 unspecified atom stereocenters. The van der Waals surface area contributed by atoms with E-state index in [4.69, 9.17) is 21.1 Å². The van der Waals surface area contributed by atoms with E-state index in [-0.39, 0.29) is 24.7 Å². The van der Waals surface area contributed by atoms with Crippen LogP contribution in [0.15, 0.2) is 18.2 Å².